The lowest BCUT2D eigenvalue weighted by atomic mass is 9.92. The molecule has 1 unspecified atom stereocenters. The van der Waals surface area contributed by atoms with Gasteiger partial charge in [-0.3, -0.25) is 0 Å². The number of hydrogen-bond acceptors (Lipinski definition) is 4. The van der Waals surface area contributed by atoms with Crippen LogP contribution in [0.25, 0.3) is 98.4 Å². The highest BCUT2D eigenvalue weighted by molar-refractivity contribution is 6.20. The van der Waals surface area contributed by atoms with Crippen LogP contribution in [0.1, 0.15) is 22.9 Å². The van der Waals surface area contributed by atoms with Crippen molar-refractivity contribution >= 4 is 76.7 Å². The lowest BCUT2D eigenvalue weighted by molar-refractivity contribution is 0.670. The van der Waals surface area contributed by atoms with Crippen molar-refractivity contribution in [2.24, 2.45) is 9.98 Å². The number of amidine groups is 2. The van der Waals surface area contributed by atoms with Gasteiger partial charge < -0.3 is 9.73 Å². The van der Waals surface area contributed by atoms with Crippen LogP contribution in [-0.2, 0) is 0 Å². The number of furan rings is 1. The third-order valence-corrected chi connectivity index (χ3v) is 13.1. The van der Waals surface area contributed by atoms with E-state index in [1.54, 1.807) is 0 Å². The summed E-state index contributed by atoms with van der Waals surface area (Å²) in [7, 11) is 0. The van der Waals surface area contributed by atoms with E-state index in [0.29, 0.717) is 5.84 Å². The van der Waals surface area contributed by atoms with Crippen LogP contribution in [-0.4, -0.2) is 11.7 Å². The molecule has 0 saturated carbocycles. The summed E-state index contributed by atoms with van der Waals surface area (Å²) in [5, 5.41) is 15.4. The van der Waals surface area contributed by atoms with Crippen LogP contribution >= 0.6 is 0 Å². The van der Waals surface area contributed by atoms with Crippen LogP contribution in [0.15, 0.2) is 239 Å². The lowest BCUT2D eigenvalue weighted by Crippen LogP contribution is -2.33. The predicted molar refractivity (Wildman–Crippen MR) is 272 cm³/mol. The van der Waals surface area contributed by atoms with E-state index in [1.165, 1.54) is 32.5 Å². The molecule has 65 heavy (non-hydrogen) atoms. The van der Waals surface area contributed by atoms with Gasteiger partial charge in [-0.2, -0.15) is 0 Å². The number of hydrogen-bond donors (Lipinski definition) is 1. The van der Waals surface area contributed by atoms with Crippen LogP contribution < -0.4 is 5.32 Å². The summed E-state index contributed by atoms with van der Waals surface area (Å²) < 4.78 is 6.83. The maximum Gasteiger partial charge on any atom is 0.159 e. The van der Waals surface area contributed by atoms with E-state index < -0.39 is 0 Å². The fourth-order valence-electron chi connectivity index (χ4n) is 9.78. The smallest absolute Gasteiger partial charge is 0.159 e. The molecule has 1 aliphatic heterocycles. The molecule has 0 radical (unpaired) electrons. The highest BCUT2D eigenvalue weighted by Gasteiger charge is 2.24. The van der Waals surface area contributed by atoms with E-state index in [1.807, 2.05) is 0 Å². The molecule has 0 aliphatic carbocycles. The van der Waals surface area contributed by atoms with Crippen molar-refractivity contribution in [2.75, 3.05) is 0 Å². The SMILES string of the molecule is c1ccc2cc(C3=NC(c4cc(-c5cccc6oc7c(-c8ccc9ccccc9c8)cccc7c56)c5ccccc5c4)=NC(c4ccc(-c5ccc6ccccc6c5)cc4)N3)ccc2c1. The summed E-state index contributed by atoms with van der Waals surface area (Å²) in [5.74, 6) is 1.45. The molecule has 0 saturated heterocycles. The van der Waals surface area contributed by atoms with E-state index in [9.17, 15) is 0 Å². The standard InChI is InChI=1S/C61H39N3O/c1-4-14-43-33-46(30-25-38(43)11-1)41-23-28-42(29-24-41)59-62-60(49-32-27-40-13-3-6-16-45(40)35-49)64-61(63-59)50-36-47-17-7-8-18-51(47)55(37-50)53-20-10-22-56-57(53)54-21-9-19-52(58(54)65-56)48-31-26-39-12-2-5-15-44(39)34-48/h1-37,59H,(H,62,63,64). The molecule has 0 amide bonds. The zero-order chi connectivity index (χ0) is 42.8. The third-order valence-electron chi connectivity index (χ3n) is 13.1. The molecule has 0 spiro atoms. The summed E-state index contributed by atoms with van der Waals surface area (Å²) >= 11 is 0. The number of rotatable bonds is 6. The number of fused-ring (bicyclic) bond motifs is 7. The number of benzene rings is 11. The number of para-hydroxylation sites is 1. The molecule has 12 aromatic rings. The molecule has 0 fully saturated rings. The number of nitrogens with one attached hydrogen (secondary N) is 1. The Morgan fingerprint density at radius 1 is 0.369 bits per heavy atom. The molecule has 1 N–H and O–H groups in total. The topological polar surface area (TPSA) is 49.9 Å². The Labute approximate surface area is 375 Å². The summed E-state index contributed by atoms with van der Waals surface area (Å²) in [6.45, 7) is 0. The van der Waals surface area contributed by atoms with E-state index in [0.717, 1.165) is 88.4 Å². The van der Waals surface area contributed by atoms with Gasteiger partial charge in [0.25, 0.3) is 0 Å². The van der Waals surface area contributed by atoms with Gasteiger partial charge in [-0.25, -0.2) is 9.98 Å². The summed E-state index contributed by atoms with van der Waals surface area (Å²) in [6, 6.07) is 80.1. The Hall–Kier alpha value is -8.60. The van der Waals surface area contributed by atoms with Crippen molar-refractivity contribution in [2.45, 2.75) is 6.17 Å². The predicted octanol–water partition coefficient (Wildman–Crippen LogP) is 15.7. The average Bonchev–Trinajstić information content (AvgIpc) is 3.77. The van der Waals surface area contributed by atoms with Crippen molar-refractivity contribution < 1.29 is 4.42 Å². The molecule has 13 rings (SSSR count). The van der Waals surface area contributed by atoms with Gasteiger partial charge in [-0.15, -0.1) is 0 Å². The van der Waals surface area contributed by atoms with Crippen molar-refractivity contribution in [3.05, 3.63) is 241 Å². The first-order valence-corrected chi connectivity index (χ1v) is 22.2. The van der Waals surface area contributed by atoms with Gasteiger partial charge in [0.15, 0.2) is 5.84 Å². The first-order valence-electron chi connectivity index (χ1n) is 22.2. The number of aliphatic imine (C=N–C) groups is 2. The Kier molecular flexibility index (Phi) is 8.56. The second kappa shape index (κ2) is 15.0. The minimum atomic E-state index is -0.376. The highest BCUT2D eigenvalue weighted by atomic mass is 16.3. The fourth-order valence-corrected chi connectivity index (χ4v) is 9.78. The quantitative estimate of drug-likeness (QED) is 0.181. The zero-order valence-electron chi connectivity index (χ0n) is 35.2. The largest absolute Gasteiger partial charge is 0.455 e. The van der Waals surface area contributed by atoms with Crippen molar-refractivity contribution in [3.63, 3.8) is 0 Å². The molecule has 4 heteroatoms. The monoisotopic (exact) mass is 829 g/mol. The van der Waals surface area contributed by atoms with Gasteiger partial charge >= 0.3 is 0 Å². The van der Waals surface area contributed by atoms with Gasteiger partial charge in [0.1, 0.15) is 23.2 Å². The average molecular weight is 830 g/mol. The summed E-state index contributed by atoms with van der Waals surface area (Å²) in [4.78, 5) is 10.8. The molecule has 1 aliphatic rings. The second-order valence-electron chi connectivity index (χ2n) is 17.0. The van der Waals surface area contributed by atoms with Gasteiger partial charge in [-0.1, -0.05) is 188 Å². The molecule has 0 bridgehead atoms. The molecular weight excluding hydrogens is 791 g/mol. The van der Waals surface area contributed by atoms with Crippen LogP contribution in [0.3, 0.4) is 0 Å². The summed E-state index contributed by atoms with van der Waals surface area (Å²) in [5.41, 5.74) is 11.5. The van der Waals surface area contributed by atoms with E-state index in [4.69, 9.17) is 14.4 Å². The number of nitrogens with zero attached hydrogens (tertiary/aromatic N) is 2. The molecule has 2 heterocycles. The first-order chi connectivity index (χ1) is 32.2. The second-order valence-corrected chi connectivity index (χ2v) is 17.0. The van der Waals surface area contributed by atoms with E-state index >= 15 is 0 Å². The molecular formula is C61H39N3O. The zero-order valence-corrected chi connectivity index (χ0v) is 35.2. The first kappa shape index (κ1) is 37.0. The molecule has 304 valence electrons. The Bertz CT molecular complexity index is 3930. The minimum Gasteiger partial charge on any atom is -0.455 e. The Balaban J connectivity index is 0.960. The van der Waals surface area contributed by atoms with E-state index in [2.05, 4.69) is 230 Å². The van der Waals surface area contributed by atoms with Gasteiger partial charge in [-0.05, 0) is 113 Å². The van der Waals surface area contributed by atoms with Crippen molar-refractivity contribution in [3.8, 4) is 33.4 Å². The molecule has 11 aromatic carbocycles. The molecule has 1 atom stereocenters. The molecule has 1 aromatic heterocycles. The van der Waals surface area contributed by atoms with Gasteiger partial charge in [0, 0.05) is 27.5 Å². The highest BCUT2D eigenvalue weighted by Crippen LogP contribution is 2.43. The van der Waals surface area contributed by atoms with Gasteiger partial charge in [0.2, 0.25) is 0 Å². The Morgan fingerprint density at radius 2 is 0.908 bits per heavy atom. The van der Waals surface area contributed by atoms with Crippen LogP contribution in [0, 0.1) is 0 Å². The third kappa shape index (κ3) is 6.46. The van der Waals surface area contributed by atoms with Gasteiger partial charge in [0.05, 0.1) is 0 Å². The maximum atomic E-state index is 6.83. The van der Waals surface area contributed by atoms with Crippen LogP contribution in [0.5, 0.6) is 0 Å². The Morgan fingerprint density at radius 3 is 1.63 bits per heavy atom. The normalized spacial score (nSPS) is 14.0. The molecule has 4 nitrogen and oxygen atoms in total. The van der Waals surface area contributed by atoms with Crippen LogP contribution in [0.4, 0.5) is 0 Å². The van der Waals surface area contributed by atoms with Crippen LogP contribution in [0.2, 0.25) is 0 Å². The van der Waals surface area contributed by atoms with E-state index in [-0.39, 0.29) is 6.17 Å². The fraction of sp³-hybridized carbons (Fsp3) is 0.0164. The van der Waals surface area contributed by atoms with Crippen molar-refractivity contribution in [1.82, 2.24) is 5.32 Å². The summed E-state index contributed by atoms with van der Waals surface area (Å²) in [6.07, 6.45) is -0.376. The lowest BCUT2D eigenvalue weighted by Gasteiger charge is -2.24. The minimum absolute atomic E-state index is 0.376. The van der Waals surface area contributed by atoms with Crippen molar-refractivity contribution in [1.29, 1.82) is 0 Å². The maximum absolute atomic E-state index is 6.83.